The second-order valence-electron chi connectivity index (χ2n) is 12.8. The van der Waals surface area contributed by atoms with E-state index < -0.39 is 0 Å². The molecule has 0 spiro atoms. The number of piperidine rings is 1. The van der Waals surface area contributed by atoms with Crippen LogP contribution in [0.3, 0.4) is 0 Å². The number of hydrogen-bond donors (Lipinski definition) is 8. The third kappa shape index (κ3) is 8.58. The van der Waals surface area contributed by atoms with E-state index in [9.17, 15) is 4.79 Å². The molecule has 0 aromatic carbocycles. The Morgan fingerprint density at radius 3 is 2.65 bits per heavy atom. The fourth-order valence-electron chi connectivity index (χ4n) is 7.52. The van der Waals surface area contributed by atoms with Crippen molar-refractivity contribution < 1.29 is 9.53 Å². The smallest absolute Gasteiger partial charge is 0.223 e. The molecule has 230 valence electrons. The molecule has 40 heavy (non-hydrogen) atoms. The molecule has 1 amide bonds. The first-order chi connectivity index (χ1) is 19.7. The zero-order valence-corrected chi connectivity index (χ0v) is 24.8. The minimum atomic E-state index is 0.129. The van der Waals surface area contributed by atoms with Crippen molar-refractivity contribution in [2.75, 3.05) is 72.2 Å². The van der Waals surface area contributed by atoms with Gasteiger partial charge in [0.15, 0.2) is 0 Å². The number of amides is 1. The number of nitrogens with one attached hydrogen (secondary N) is 8. The topological polar surface area (TPSA) is 126 Å². The van der Waals surface area contributed by atoms with Crippen molar-refractivity contribution in [1.29, 1.82) is 0 Å². The van der Waals surface area contributed by atoms with Gasteiger partial charge in [-0.25, -0.2) is 10.9 Å². The van der Waals surface area contributed by atoms with Crippen molar-refractivity contribution in [1.82, 2.24) is 47.7 Å². The van der Waals surface area contributed by atoms with E-state index >= 15 is 0 Å². The summed E-state index contributed by atoms with van der Waals surface area (Å²) in [5.41, 5.74) is 7.17. The molecule has 0 aromatic heterocycles. The summed E-state index contributed by atoms with van der Waals surface area (Å²) in [5, 5.41) is 21.2. The van der Waals surface area contributed by atoms with E-state index in [1.165, 1.54) is 19.3 Å². The molecule has 7 unspecified atom stereocenters. The third-order valence-electron chi connectivity index (χ3n) is 10.1. The van der Waals surface area contributed by atoms with Gasteiger partial charge in [-0.05, 0) is 82.5 Å². The lowest BCUT2D eigenvalue weighted by Gasteiger charge is -2.36. The van der Waals surface area contributed by atoms with Gasteiger partial charge >= 0.3 is 0 Å². The number of ether oxygens (including phenoxy) is 1. The molecule has 5 aliphatic rings. The van der Waals surface area contributed by atoms with E-state index in [0.717, 1.165) is 104 Å². The van der Waals surface area contributed by atoms with Gasteiger partial charge in [0.1, 0.15) is 0 Å². The summed E-state index contributed by atoms with van der Waals surface area (Å²) in [6.45, 7) is 12.7. The zero-order chi connectivity index (χ0) is 27.6. The molecule has 1 aliphatic carbocycles. The first-order valence-corrected chi connectivity index (χ1v) is 16.4. The monoisotopic (exact) mass is 563 g/mol. The maximum absolute atomic E-state index is 13.1. The van der Waals surface area contributed by atoms with Crippen molar-refractivity contribution in [3.8, 4) is 0 Å². The van der Waals surface area contributed by atoms with Crippen LogP contribution in [-0.2, 0) is 9.53 Å². The van der Waals surface area contributed by atoms with Crippen LogP contribution in [0.15, 0.2) is 0 Å². The maximum atomic E-state index is 13.1. The molecule has 4 heterocycles. The SMILES string of the molecule is CCC1CNCCC1CNC(=O)C1CCCC(NCC2NNC(C3CCNCN3)N2CCOC[C@H]2CCNC2)C1. The highest BCUT2D eigenvalue weighted by Crippen LogP contribution is 2.26. The van der Waals surface area contributed by atoms with Gasteiger partial charge < -0.3 is 31.3 Å². The lowest BCUT2D eigenvalue weighted by Crippen LogP contribution is -2.59. The summed E-state index contributed by atoms with van der Waals surface area (Å²) >= 11 is 0. The molecule has 5 fully saturated rings. The predicted octanol–water partition coefficient (Wildman–Crippen LogP) is -0.516. The van der Waals surface area contributed by atoms with E-state index in [0.29, 0.717) is 29.8 Å². The molecular formula is C29H57N9O2. The minimum Gasteiger partial charge on any atom is -0.380 e. The van der Waals surface area contributed by atoms with Crippen LogP contribution in [0.5, 0.6) is 0 Å². The van der Waals surface area contributed by atoms with Crippen molar-refractivity contribution in [3.63, 3.8) is 0 Å². The normalized spacial score (nSPS) is 37.5. The summed E-state index contributed by atoms with van der Waals surface area (Å²) in [5.74, 6) is 2.34. The standard InChI is InChI=1S/C29H57N9O2/c1-2-22-16-31-10-7-24(22)17-34-29(39)23-4-3-5-25(14-23)33-18-27-36-37-28(26-8-11-32-20-35-26)38(27)12-13-40-19-21-6-9-30-15-21/h21-28,30-33,35-37H,2-20H2,1H3,(H,34,39)/t21-,22?,23?,24?,25?,26?,27?,28?/m0/s1. The highest BCUT2D eigenvalue weighted by Gasteiger charge is 2.38. The second kappa shape index (κ2) is 16.1. The number of rotatable bonds is 13. The number of hydrazine groups is 1. The Kier molecular flexibility index (Phi) is 12.3. The van der Waals surface area contributed by atoms with E-state index in [2.05, 4.69) is 54.6 Å². The molecule has 0 bridgehead atoms. The Morgan fingerprint density at radius 2 is 1.82 bits per heavy atom. The van der Waals surface area contributed by atoms with Gasteiger partial charge in [-0.15, -0.1) is 0 Å². The fourth-order valence-corrected chi connectivity index (χ4v) is 7.52. The zero-order valence-electron chi connectivity index (χ0n) is 24.8. The number of carbonyl (C=O) groups excluding carboxylic acids is 1. The molecule has 8 atom stereocenters. The van der Waals surface area contributed by atoms with Crippen LogP contribution >= 0.6 is 0 Å². The lowest BCUT2D eigenvalue weighted by molar-refractivity contribution is -0.126. The van der Waals surface area contributed by atoms with Gasteiger partial charge in [0.2, 0.25) is 5.91 Å². The van der Waals surface area contributed by atoms with Crippen molar-refractivity contribution in [2.24, 2.45) is 23.7 Å². The van der Waals surface area contributed by atoms with Crippen molar-refractivity contribution in [3.05, 3.63) is 0 Å². The number of carbonyl (C=O) groups is 1. The molecule has 5 rings (SSSR count). The largest absolute Gasteiger partial charge is 0.380 e. The van der Waals surface area contributed by atoms with Gasteiger partial charge in [0.25, 0.3) is 0 Å². The van der Waals surface area contributed by atoms with Crippen LogP contribution in [0.1, 0.15) is 58.3 Å². The fraction of sp³-hybridized carbons (Fsp3) is 0.966. The van der Waals surface area contributed by atoms with E-state index in [1.54, 1.807) is 0 Å². The van der Waals surface area contributed by atoms with Gasteiger partial charge in [0, 0.05) is 50.8 Å². The minimum absolute atomic E-state index is 0.129. The molecule has 0 radical (unpaired) electrons. The molecule has 11 nitrogen and oxygen atoms in total. The van der Waals surface area contributed by atoms with Gasteiger partial charge in [-0.1, -0.05) is 19.8 Å². The number of nitrogens with zero attached hydrogens (tertiary/aromatic N) is 1. The lowest BCUT2D eigenvalue weighted by atomic mass is 9.83. The van der Waals surface area contributed by atoms with Crippen LogP contribution in [0.25, 0.3) is 0 Å². The highest BCUT2D eigenvalue weighted by molar-refractivity contribution is 5.78. The van der Waals surface area contributed by atoms with E-state index in [-0.39, 0.29) is 24.2 Å². The van der Waals surface area contributed by atoms with Gasteiger partial charge in [-0.3, -0.25) is 15.0 Å². The van der Waals surface area contributed by atoms with Crippen LogP contribution in [0.2, 0.25) is 0 Å². The van der Waals surface area contributed by atoms with Crippen LogP contribution in [0, 0.1) is 23.7 Å². The van der Waals surface area contributed by atoms with Crippen LogP contribution in [-0.4, -0.2) is 107 Å². The molecule has 8 N–H and O–H groups in total. The Labute approximate surface area is 241 Å². The molecular weight excluding hydrogens is 506 g/mol. The van der Waals surface area contributed by atoms with E-state index in [1.807, 2.05) is 0 Å². The highest BCUT2D eigenvalue weighted by atomic mass is 16.5. The van der Waals surface area contributed by atoms with Gasteiger partial charge in [0.05, 0.1) is 25.5 Å². The summed E-state index contributed by atoms with van der Waals surface area (Å²) < 4.78 is 6.14. The third-order valence-corrected chi connectivity index (χ3v) is 10.1. The molecule has 4 aliphatic heterocycles. The van der Waals surface area contributed by atoms with Crippen molar-refractivity contribution >= 4 is 5.91 Å². The quantitative estimate of drug-likeness (QED) is 0.139. The van der Waals surface area contributed by atoms with Crippen molar-refractivity contribution in [2.45, 2.75) is 82.7 Å². The summed E-state index contributed by atoms with van der Waals surface area (Å²) in [6, 6.07) is 0.783. The first-order valence-electron chi connectivity index (χ1n) is 16.4. The summed E-state index contributed by atoms with van der Waals surface area (Å²) in [6.07, 6.45) is 9.31. The molecule has 0 aromatic rings. The second-order valence-corrected chi connectivity index (χ2v) is 12.8. The Hall–Kier alpha value is -0.890. The van der Waals surface area contributed by atoms with Crippen LogP contribution < -0.4 is 42.8 Å². The Bertz CT molecular complexity index is 749. The molecule has 1 saturated carbocycles. The average Bonchev–Trinajstić information content (AvgIpc) is 3.68. The summed E-state index contributed by atoms with van der Waals surface area (Å²) in [4.78, 5) is 15.7. The van der Waals surface area contributed by atoms with Crippen LogP contribution in [0.4, 0.5) is 0 Å². The number of hydrogen-bond acceptors (Lipinski definition) is 10. The predicted molar refractivity (Wildman–Crippen MR) is 158 cm³/mol. The summed E-state index contributed by atoms with van der Waals surface area (Å²) in [7, 11) is 0. The Morgan fingerprint density at radius 1 is 0.950 bits per heavy atom. The average molecular weight is 564 g/mol. The van der Waals surface area contributed by atoms with Gasteiger partial charge in [-0.2, -0.15) is 0 Å². The molecule has 4 saturated heterocycles. The maximum Gasteiger partial charge on any atom is 0.223 e. The Balaban J connectivity index is 1.07. The first kappa shape index (κ1) is 30.6. The molecule has 11 heteroatoms. The van der Waals surface area contributed by atoms with E-state index in [4.69, 9.17) is 4.74 Å².